The quantitative estimate of drug-likeness (QED) is 0.552. The molecule has 0 fully saturated rings. The molecule has 122 valence electrons. The summed E-state index contributed by atoms with van der Waals surface area (Å²) >= 11 is 3.39. The van der Waals surface area contributed by atoms with Gasteiger partial charge in [-0.1, -0.05) is 22.0 Å². The van der Waals surface area contributed by atoms with E-state index in [-0.39, 0.29) is 5.91 Å². The van der Waals surface area contributed by atoms with Gasteiger partial charge in [-0.15, -0.1) is 0 Å². The molecule has 2 aromatic heterocycles. The van der Waals surface area contributed by atoms with Crippen LogP contribution in [0.3, 0.4) is 0 Å². The number of benzene rings is 1. The molecule has 0 aliphatic carbocycles. The molecule has 0 radical (unpaired) electrons. The number of halogens is 1. The normalized spacial score (nSPS) is 11.1. The number of ether oxygens (including phenoxy) is 1. The highest BCUT2D eigenvalue weighted by Gasteiger charge is 2.14. The third kappa shape index (κ3) is 3.16. The summed E-state index contributed by atoms with van der Waals surface area (Å²) in [5.74, 6) is 0.307. The number of aryl methyl sites for hydroxylation is 1. The highest BCUT2D eigenvalue weighted by atomic mass is 79.9. The van der Waals surface area contributed by atoms with E-state index in [0.717, 1.165) is 21.4 Å². The molecule has 1 N–H and O–H groups in total. The van der Waals surface area contributed by atoms with Crippen molar-refractivity contribution in [2.45, 2.75) is 6.92 Å². The second-order valence-corrected chi connectivity index (χ2v) is 5.98. The summed E-state index contributed by atoms with van der Waals surface area (Å²) in [6, 6.07) is 11.2. The molecule has 3 aromatic rings. The first-order chi connectivity index (χ1) is 11.6. The standard InChI is InChI=1S/C17H15BrN4O2/c1-11-16(20-15-5-3-4-8-22(11)15)17(23)21-19-10-12-9-13(18)6-7-14(12)24-2/h3-10H,1-2H3,(H,21,23)/b19-10-. The maximum atomic E-state index is 12.3. The van der Waals surface area contributed by atoms with Gasteiger partial charge in [-0.05, 0) is 37.3 Å². The molecule has 0 aliphatic rings. The van der Waals surface area contributed by atoms with E-state index in [4.69, 9.17) is 4.74 Å². The molecule has 6 nitrogen and oxygen atoms in total. The van der Waals surface area contributed by atoms with Crippen LogP contribution in [0.5, 0.6) is 5.75 Å². The van der Waals surface area contributed by atoms with Crippen LogP contribution in [-0.4, -0.2) is 28.6 Å². The average molecular weight is 387 g/mol. The van der Waals surface area contributed by atoms with Crippen LogP contribution >= 0.6 is 15.9 Å². The Balaban J connectivity index is 1.80. The van der Waals surface area contributed by atoms with Gasteiger partial charge in [0.25, 0.3) is 5.91 Å². The summed E-state index contributed by atoms with van der Waals surface area (Å²) in [6.07, 6.45) is 3.40. The molecule has 2 heterocycles. The predicted octanol–water partition coefficient (Wildman–Crippen LogP) is 3.18. The Labute approximate surface area is 147 Å². The second-order valence-electron chi connectivity index (χ2n) is 5.06. The maximum Gasteiger partial charge on any atom is 0.291 e. The molecule has 0 unspecified atom stereocenters. The van der Waals surface area contributed by atoms with Crippen molar-refractivity contribution in [1.82, 2.24) is 14.8 Å². The lowest BCUT2D eigenvalue weighted by Gasteiger charge is -2.04. The van der Waals surface area contributed by atoms with Gasteiger partial charge < -0.3 is 9.14 Å². The molecule has 3 rings (SSSR count). The van der Waals surface area contributed by atoms with E-state index in [1.165, 1.54) is 6.21 Å². The number of hydrazone groups is 1. The zero-order valence-corrected chi connectivity index (χ0v) is 14.7. The van der Waals surface area contributed by atoms with Gasteiger partial charge in [-0.2, -0.15) is 5.10 Å². The van der Waals surface area contributed by atoms with Crippen LogP contribution in [0.4, 0.5) is 0 Å². The monoisotopic (exact) mass is 386 g/mol. The zero-order valence-electron chi connectivity index (χ0n) is 13.2. The summed E-state index contributed by atoms with van der Waals surface area (Å²) in [6.45, 7) is 1.84. The van der Waals surface area contributed by atoms with Crippen molar-refractivity contribution in [2.75, 3.05) is 7.11 Å². The summed E-state index contributed by atoms with van der Waals surface area (Å²) in [4.78, 5) is 16.6. The highest BCUT2D eigenvalue weighted by molar-refractivity contribution is 9.10. The SMILES string of the molecule is COc1ccc(Br)cc1/C=N\NC(=O)c1nc2ccccn2c1C. The first-order valence-corrected chi connectivity index (χ1v) is 8.00. The number of nitrogens with one attached hydrogen (secondary N) is 1. The molecule has 0 bridgehead atoms. The fraction of sp³-hybridized carbons (Fsp3) is 0.118. The molecule has 0 saturated carbocycles. The number of hydrogen-bond acceptors (Lipinski definition) is 4. The van der Waals surface area contributed by atoms with Gasteiger partial charge in [0.2, 0.25) is 0 Å². The van der Waals surface area contributed by atoms with Crippen molar-refractivity contribution >= 4 is 33.7 Å². The van der Waals surface area contributed by atoms with Gasteiger partial charge >= 0.3 is 0 Å². The van der Waals surface area contributed by atoms with Gasteiger partial charge in [0, 0.05) is 16.2 Å². The van der Waals surface area contributed by atoms with Crippen molar-refractivity contribution in [3.05, 3.63) is 64.0 Å². The minimum atomic E-state index is -0.360. The van der Waals surface area contributed by atoms with Crippen LogP contribution in [0.15, 0.2) is 52.2 Å². The number of carbonyl (C=O) groups is 1. The van der Waals surface area contributed by atoms with E-state index < -0.39 is 0 Å². The van der Waals surface area contributed by atoms with Gasteiger partial charge in [0.05, 0.1) is 19.0 Å². The number of fused-ring (bicyclic) bond motifs is 1. The van der Waals surface area contributed by atoms with Gasteiger partial charge in [0.1, 0.15) is 11.4 Å². The van der Waals surface area contributed by atoms with E-state index in [9.17, 15) is 4.79 Å². The third-order valence-electron chi connectivity index (χ3n) is 3.55. The van der Waals surface area contributed by atoms with Crippen LogP contribution in [0, 0.1) is 6.92 Å². The first kappa shape index (κ1) is 16.2. The number of methoxy groups -OCH3 is 1. The molecule has 0 saturated heterocycles. The predicted molar refractivity (Wildman–Crippen MR) is 95.7 cm³/mol. The van der Waals surface area contributed by atoms with Gasteiger partial charge in [0.15, 0.2) is 5.69 Å². The molecule has 0 atom stereocenters. The van der Waals surface area contributed by atoms with Crippen LogP contribution in [0.25, 0.3) is 5.65 Å². The largest absolute Gasteiger partial charge is 0.496 e. The lowest BCUT2D eigenvalue weighted by atomic mass is 10.2. The Morgan fingerprint density at radius 2 is 2.21 bits per heavy atom. The molecular formula is C17H15BrN4O2. The Hall–Kier alpha value is -2.67. The minimum absolute atomic E-state index is 0.347. The third-order valence-corrected chi connectivity index (χ3v) is 4.04. The van der Waals surface area contributed by atoms with E-state index >= 15 is 0 Å². The fourth-order valence-corrected chi connectivity index (χ4v) is 2.73. The van der Waals surface area contributed by atoms with Crippen molar-refractivity contribution in [3.8, 4) is 5.75 Å². The average Bonchev–Trinajstić information content (AvgIpc) is 2.92. The molecular weight excluding hydrogens is 372 g/mol. The molecule has 24 heavy (non-hydrogen) atoms. The molecule has 7 heteroatoms. The molecule has 1 aromatic carbocycles. The lowest BCUT2D eigenvalue weighted by Crippen LogP contribution is -2.19. The number of aromatic nitrogens is 2. The van der Waals surface area contributed by atoms with E-state index in [2.05, 4.69) is 31.4 Å². The maximum absolute atomic E-state index is 12.3. The van der Waals surface area contributed by atoms with Crippen LogP contribution < -0.4 is 10.2 Å². The number of rotatable bonds is 4. The van der Waals surface area contributed by atoms with Crippen LogP contribution in [0.1, 0.15) is 21.7 Å². The Bertz CT molecular complexity index is 933. The minimum Gasteiger partial charge on any atom is -0.496 e. The zero-order chi connectivity index (χ0) is 17.1. The van der Waals surface area contributed by atoms with Crippen molar-refractivity contribution in [1.29, 1.82) is 0 Å². The second kappa shape index (κ2) is 6.84. The molecule has 0 spiro atoms. The topological polar surface area (TPSA) is 68.0 Å². The summed E-state index contributed by atoms with van der Waals surface area (Å²) < 4.78 is 8.01. The summed E-state index contributed by atoms with van der Waals surface area (Å²) in [5.41, 5.74) is 5.08. The molecule has 0 aliphatic heterocycles. The number of pyridine rings is 1. The summed E-state index contributed by atoms with van der Waals surface area (Å²) in [7, 11) is 1.58. The van der Waals surface area contributed by atoms with E-state index in [1.807, 2.05) is 53.9 Å². The van der Waals surface area contributed by atoms with Crippen LogP contribution in [0.2, 0.25) is 0 Å². The Morgan fingerprint density at radius 1 is 1.38 bits per heavy atom. The highest BCUT2D eigenvalue weighted by Crippen LogP contribution is 2.21. The first-order valence-electron chi connectivity index (χ1n) is 7.21. The fourth-order valence-electron chi connectivity index (χ4n) is 2.35. The molecule has 1 amide bonds. The van der Waals surface area contributed by atoms with Crippen molar-refractivity contribution < 1.29 is 9.53 Å². The van der Waals surface area contributed by atoms with Crippen LogP contribution in [-0.2, 0) is 0 Å². The number of imidazole rings is 1. The number of amides is 1. The Morgan fingerprint density at radius 3 is 2.96 bits per heavy atom. The lowest BCUT2D eigenvalue weighted by molar-refractivity contribution is 0.0950. The number of nitrogens with zero attached hydrogens (tertiary/aromatic N) is 3. The number of carbonyl (C=O) groups excluding carboxylic acids is 1. The smallest absolute Gasteiger partial charge is 0.291 e. The van der Waals surface area contributed by atoms with Crippen molar-refractivity contribution in [2.24, 2.45) is 5.10 Å². The van der Waals surface area contributed by atoms with Crippen molar-refractivity contribution in [3.63, 3.8) is 0 Å². The van der Waals surface area contributed by atoms with Gasteiger partial charge in [-0.3, -0.25) is 4.79 Å². The Kier molecular flexibility index (Phi) is 4.61. The summed E-state index contributed by atoms with van der Waals surface area (Å²) in [5, 5.41) is 4.00. The van der Waals surface area contributed by atoms with Gasteiger partial charge in [-0.25, -0.2) is 10.4 Å². The van der Waals surface area contributed by atoms with E-state index in [0.29, 0.717) is 11.4 Å². The van der Waals surface area contributed by atoms with E-state index in [1.54, 1.807) is 7.11 Å². The number of hydrogen-bond donors (Lipinski definition) is 1.